The maximum Gasteiger partial charge on any atom is 0.349 e. The van der Waals surface area contributed by atoms with E-state index in [1.807, 2.05) is 35.8 Å². The molecule has 0 saturated heterocycles. The highest BCUT2D eigenvalue weighted by atomic mass is 79.9. The topological polar surface area (TPSA) is 91.9 Å². The Labute approximate surface area is 241 Å². The van der Waals surface area contributed by atoms with E-state index < -0.39 is 12.1 Å². The van der Waals surface area contributed by atoms with Gasteiger partial charge in [-0.2, -0.15) is 0 Å². The van der Waals surface area contributed by atoms with Gasteiger partial charge in [-0.15, -0.1) is 0 Å². The van der Waals surface area contributed by atoms with Crippen LogP contribution in [0.3, 0.4) is 0 Å². The van der Waals surface area contributed by atoms with E-state index in [9.17, 15) is 14.7 Å². The number of aryl methyl sites for hydroxylation is 3. The van der Waals surface area contributed by atoms with Crippen molar-refractivity contribution >= 4 is 32.9 Å². The molecule has 0 bridgehead atoms. The van der Waals surface area contributed by atoms with Gasteiger partial charge in [-0.05, 0) is 76.7 Å². The van der Waals surface area contributed by atoms with E-state index in [2.05, 4.69) is 41.9 Å². The molecular formula is C31H33BrN2O6. The van der Waals surface area contributed by atoms with Crippen molar-refractivity contribution in [3.63, 3.8) is 0 Å². The van der Waals surface area contributed by atoms with Crippen molar-refractivity contribution in [3.05, 3.63) is 85.7 Å². The summed E-state index contributed by atoms with van der Waals surface area (Å²) in [6, 6.07) is 15.3. The van der Waals surface area contributed by atoms with Gasteiger partial charge in [0.1, 0.15) is 5.75 Å². The van der Waals surface area contributed by atoms with Crippen molar-refractivity contribution in [2.45, 2.75) is 65.6 Å². The van der Waals surface area contributed by atoms with Crippen LogP contribution in [0.15, 0.2) is 57.8 Å². The second-order valence-corrected chi connectivity index (χ2v) is 10.8. The first kappa shape index (κ1) is 27.8. The van der Waals surface area contributed by atoms with Gasteiger partial charge in [0.2, 0.25) is 12.9 Å². The van der Waals surface area contributed by atoms with Gasteiger partial charge in [-0.3, -0.25) is 9.13 Å². The Kier molecular flexibility index (Phi) is 8.21. The normalized spacial score (nSPS) is 13.1. The first-order valence-corrected chi connectivity index (χ1v) is 14.5. The van der Waals surface area contributed by atoms with Gasteiger partial charge in [0, 0.05) is 12.1 Å². The predicted octanol–water partition coefficient (Wildman–Crippen LogP) is 6.47. The molecule has 0 saturated carbocycles. The number of carboxylic acids is 1. The number of hydrogen-bond donors (Lipinski definition) is 1. The molecule has 1 aromatic heterocycles. The van der Waals surface area contributed by atoms with Crippen molar-refractivity contribution in [2.75, 3.05) is 6.79 Å². The van der Waals surface area contributed by atoms with E-state index in [1.54, 1.807) is 16.7 Å². The van der Waals surface area contributed by atoms with E-state index >= 15 is 0 Å². The number of carboxylic acid groups (broad SMARTS) is 1. The maximum absolute atomic E-state index is 13.3. The average molecular weight is 610 g/mol. The molecule has 8 nitrogen and oxygen atoms in total. The van der Waals surface area contributed by atoms with Crippen LogP contribution in [0.1, 0.15) is 62.0 Å². The molecule has 2 heterocycles. The van der Waals surface area contributed by atoms with Crippen molar-refractivity contribution in [3.8, 4) is 17.2 Å². The minimum Gasteiger partial charge on any atom is -0.478 e. The number of ether oxygens (including phenoxy) is 3. The van der Waals surface area contributed by atoms with Crippen LogP contribution in [-0.4, -0.2) is 27.0 Å². The van der Waals surface area contributed by atoms with Crippen molar-refractivity contribution in [1.29, 1.82) is 0 Å². The summed E-state index contributed by atoms with van der Waals surface area (Å²) in [5, 5.41) is 10.2. The molecule has 0 radical (unpaired) electrons. The summed E-state index contributed by atoms with van der Waals surface area (Å²) in [5.74, 6) is 0.528. The predicted molar refractivity (Wildman–Crippen MR) is 157 cm³/mol. The first-order valence-electron chi connectivity index (χ1n) is 13.7. The lowest BCUT2D eigenvalue weighted by atomic mass is 9.97. The van der Waals surface area contributed by atoms with Gasteiger partial charge < -0.3 is 19.3 Å². The molecule has 40 heavy (non-hydrogen) atoms. The molecule has 5 rings (SSSR count). The minimum absolute atomic E-state index is 0.0440. The number of aromatic nitrogens is 2. The highest BCUT2D eigenvalue weighted by Crippen LogP contribution is 2.42. The molecule has 3 aromatic carbocycles. The Hall–Kier alpha value is -3.72. The Bertz CT molecular complexity index is 1600. The lowest BCUT2D eigenvalue weighted by Crippen LogP contribution is -2.24. The number of fused-ring (bicyclic) bond motifs is 2. The average Bonchev–Trinajstić information content (AvgIpc) is 3.51. The van der Waals surface area contributed by atoms with Crippen LogP contribution in [0, 0.1) is 0 Å². The SMILES string of the molecule is CCCc1cc(Cn2c(=O)n(CC)c3ccccc32)cc(CCC)c1OC(C(=O)O)c1cc(Br)c2c(c1)OCO2. The number of nitrogens with zero attached hydrogens (tertiary/aromatic N) is 2. The maximum atomic E-state index is 13.3. The molecule has 1 unspecified atom stereocenters. The molecule has 0 aliphatic carbocycles. The van der Waals surface area contributed by atoms with Crippen molar-refractivity contribution in [2.24, 2.45) is 0 Å². The summed E-state index contributed by atoms with van der Waals surface area (Å²) < 4.78 is 21.6. The first-order chi connectivity index (χ1) is 19.4. The zero-order chi connectivity index (χ0) is 28.4. The third-order valence-corrected chi connectivity index (χ3v) is 7.72. The lowest BCUT2D eigenvalue weighted by molar-refractivity contribution is -0.145. The summed E-state index contributed by atoms with van der Waals surface area (Å²) in [5.41, 5.74) is 5.07. The fourth-order valence-electron chi connectivity index (χ4n) is 5.41. The van der Waals surface area contributed by atoms with Gasteiger partial charge in [-0.25, -0.2) is 9.59 Å². The Morgan fingerprint density at radius 3 is 2.25 bits per heavy atom. The third-order valence-electron chi connectivity index (χ3n) is 7.14. The third kappa shape index (κ3) is 5.22. The second kappa shape index (κ2) is 11.8. The summed E-state index contributed by atoms with van der Waals surface area (Å²) in [6.45, 7) is 7.22. The summed E-state index contributed by atoms with van der Waals surface area (Å²) in [7, 11) is 0. The Balaban J connectivity index is 1.57. The molecule has 1 aliphatic heterocycles. The van der Waals surface area contributed by atoms with E-state index in [-0.39, 0.29) is 12.5 Å². The Morgan fingerprint density at radius 2 is 1.65 bits per heavy atom. The van der Waals surface area contributed by atoms with Crippen LogP contribution in [0.2, 0.25) is 0 Å². The largest absolute Gasteiger partial charge is 0.478 e. The van der Waals surface area contributed by atoms with Crippen LogP contribution in [0.4, 0.5) is 0 Å². The van der Waals surface area contributed by atoms with Crippen molar-refractivity contribution in [1.82, 2.24) is 9.13 Å². The van der Waals surface area contributed by atoms with Gasteiger partial charge in [0.15, 0.2) is 11.5 Å². The number of aliphatic carboxylic acids is 1. The number of hydrogen-bond acceptors (Lipinski definition) is 5. The van der Waals surface area contributed by atoms with E-state index in [4.69, 9.17) is 14.2 Å². The molecule has 1 atom stereocenters. The minimum atomic E-state index is -1.24. The van der Waals surface area contributed by atoms with Crippen LogP contribution in [0.25, 0.3) is 11.0 Å². The van der Waals surface area contributed by atoms with Crippen LogP contribution in [0.5, 0.6) is 17.2 Å². The van der Waals surface area contributed by atoms with Gasteiger partial charge in [0.25, 0.3) is 0 Å². The molecule has 1 N–H and O–H groups in total. The molecule has 210 valence electrons. The number of benzene rings is 3. The molecule has 0 spiro atoms. The number of halogens is 1. The fourth-order valence-corrected chi connectivity index (χ4v) is 5.98. The Morgan fingerprint density at radius 1 is 1.00 bits per heavy atom. The van der Waals surface area contributed by atoms with Gasteiger partial charge in [0.05, 0.1) is 22.1 Å². The molecule has 0 fully saturated rings. The van der Waals surface area contributed by atoms with Gasteiger partial charge in [-0.1, -0.05) is 51.0 Å². The highest BCUT2D eigenvalue weighted by molar-refractivity contribution is 9.10. The lowest BCUT2D eigenvalue weighted by Gasteiger charge is -2.22. The van der Waals surface area contributed by atoms with E-state index in [0.717, 1.165) is 40.6 Å². The van der Waals surface area contributed by atoms with Crippen molar-refractivity contribution < 1.29 is 24.1 Å². The molecule has 9 heteroatoms. The molecule has 0 amide bonds. The zero-order valence-corrected chi connectivity index (χ0v) is 24.5. The number of imidazole rings is 1. The quantitative estimate of drug-likeness (QED) is 0.210. The molecular weight excluding hydrogens is 576 g/mol. The number of rotatable bonds is 11. The molecule has 4 aromatic rings. The smallest absolute Gasteiger partial charge is 0.349 e. The standard InChI is InChI=1S/C31H33BrN2O6/c1-4-9-20-13-19(17-34-25-12-8-7-11-24(25)33(6-3)31(34)37)14-21(10-5-2)27(20)40-28(30(35)36)22-15-23(32)29-26(16-22)38-18-39-29/h7-8,11-16,28H,4-6,9-10,17-18H2,1-3H3,(H,35,36). The van der Waals surface area contributed by atoms with Crippen LogP contribution < -0.4 is 19.9 Å². The summed E-state index contributed by atoms with van der Waals surface area (Å²) in [6.07, 6.45) is 1.89. The monoisotopic (exact) mass is 608 g/mol. The number of para-hydroxylation sites is 2. The fraction of sp³-hybridized carbons (Fsp3) is 0.355. The second-order valence-electron chi connectivity index (χ2n) is 9.92. The molecule has 1 aliphatic rings. The van der Waals surface area contributed by atoms with Crippen LogP contribution >= 0.6 is 15.9 Å². The van der Waals surface area contributed by atoms with E-state index in [0.29, 0.717) is 53.2 Å². The van der Waals surface area contributed by atoms with Gasteiger partial charge >= 0.3 is 11.7 Å². The summed E-state index contributed by atoms with van der Waals surface area (Å²) >= 11 is 3.47. The van der Waals surface area contributed by atoms with E-state index in [1.165, 1.54) is 0 Å². The summed E-state index contributed by atoms with van der Waals surface area (Å²) in [4.78, 5) is 25.8. The number of carbonyl (C=O) groups is 1. The highest BCUT2D eigenvalue weighted by Gasteiger charge is 2.29. The van der Waals surface area contributed by atoms with Crippen LogP contribution in [-0.2, 0) is 30.7 Å². The zero-order valence-electron chi connectivity index (χ0n) is 22.9.